The van der Waals surface area contributed by atoms with Crippen LogP contribution in [0.15, 0.2) is 52.9 Å². The van der Waals surface area contributed by atoms with E-state index in [0.717, 1.165) is 5.56 Å². The molecule has 0 radical (unpaired) electrons. The number of nitrogens with one attached hydrogen (secondary N) is 1. The molecule has 0 saturated carbocycles. The van der Waals surface area contributed by atoms with Crippen molar-refractivity contribution >= 4 is 23.6 Å². The van der Waals surface area contributed by atoms with Crippen molar-refractivity contribution in [2.75, 3.05) is 5.32 Å². The van der Waals surface area contributed by atoms with Crippen LogP contribution in [0.4, 0.5) is 5.88 Å². The molecule has 0 bridgehead atoms. The highest BCUT2D eigenvalue weighted by Crippen LogP contribution is 2.27. The summed E-state index contributed by atoms with van der Waals surface area (Å²) in [6, 6.07) is 5.39. The van der Waals surface area contributed by atoms with Crippen LogP contribution in [-0.4, -0.2) is 36.1 Å². The van der Waals surface area contributed by atoms with Crippen molar-refractivity contribution in [1.29, 1.82) is 0 Å². The van der Waals surface area contributed by atoms with E-state index in [-0.39, 0.29) is 5.91 Å². The smallest absolute Gasteiger partial charge is 0.240 e. The molecule has 1 amide bonds. The standard InChI is InChI=1S/C17H18N6O2S/c1-4-9-23-15(13-5-7-18-8-6-13)20-21-17(23)26-12(3)16(24)19-14-10-11(2)22-25-14/h4-8,10,12H,1,9H2,2-3H3,(H,19,24). The number of carbonyl (C=O) groups excluding carboxylic acids is 1. The minimum absolute atomic E-state index is 0.204. The van der Waals surface area contributed by atoms with E-state index in [1.165, 1.54) is 11.8 Å². The van der Waals surface area contributed by atoms with Crippen LogP contribution in [0.5, 0.6) is 0 Å². The molecule has 3 aromatic heterocycles. The van der Waals surface area contributed by atoms with Crippen molar-refractivity contribution in [2.45, 2.75) is 30.8 Å². The van der Waals surface area contributed by atoms with Crippen molar-refractivity contribution in [1.82, 2.24) is 24.9 Å². The van der Waals surface area contributed by atoms with Crippen molar-refractivity contribution in [3.05, 3.63) is 48.9 Å². The predicted molar refractivity (Wildman–Crippen MR) is 98.6 cm³/mol. The number of carbonyl (C=O) groups is 1. The van der Waals surface area contributed by atoms with Gasteiger partial charge in [0.2, 0.25) is 11.8 Å². The SMILES string of the molecule is C=CCn1c(SC(C)C(=O)Nc2cc(C)no2)nnc1-c1ccncc1. The third-order valence-electron chi connectivity index (χ3n) is 3.49. The van der Waals surface area contributed by atoms with Gasteiger partial charge in [-0.15, -0.1) is 16.8 Å². The number of thioether (sulfide) groups is 1. The van der Waals surface area contributed by atoms with Crippen molar-refractivity contribution < 1.29 is 9.32 Å². The molecule has 26 heavy (non-hydrogen) atoms. The summed E-state index contributed by atoms with van der Waals surface area (Å²) in [4.78, 5) is 16.4. The number of hydrogen-bond donors (Lipinski definition) is 1. The van der Waals surface area contributed by atoms with E-state index in [1.807, 2.05) is 16.7 Å². The second-order valence-electron chi connectivity index (χ2n) is 5.52. The summed E-state index contributed by atoms with van der Waals surface area (Å²) < 4.78 is 6.93. The topological polar surface area (TPSA) is 98.7 Å². The Morgan fingerprint density at radius 3 is 2.85 bits per heavy atom. The lowest BCUT2D eigenvalue weighted by Crippen LogP contribution is -2.22. The zero-order chi connectivity index (χ0) is 18.5. The molecule has 0 spiro atoms. The molecule has 0 saturated heterocycles. The van der Waals surface area contributed by atoms with Crippen LogP contribution < -0.4 is 5.32 Å². The lowest BCUT2D eigenvalue weighted by atomic mass is 10.2. The summed E-state index contributed by atoms with van der Waals surface area (Å²) in [5.74, 6) is 0.822. The van der Waals surface area contributed by atoms with Gasteiger partial charge in [-0.3, -0.25) is 19.7 Å². The van der Waals surface area contributed by atoms with Crippen molar-refractivity contribution in [2.24, 2.45) is 0 Å². The average Bonchev–Trinajstić information content (AvgIpc) is 3.22. The molecule has 0 aromatic carbocycles. The minimum atomic E-state index is -0.404. The molecule has 134 valence electrons. The van der Waals surface area contributed by atoms with Crippen LogP contribution in [-0.2, 0) is 11.3 Å². The number of aromatic nitrogens is 5. The van der Waals surface area contributed by atoms with E-state index in [1.54, 1.807) is 38.4 Å². The predicted octanol–water partition coefficient (Wildman–Crippen LogP) is 2.94. The van der Waals surface area contributed by atoms with Gasteiger partial charge >= 0.3 is 0 Å². The Hall–Kier alpha value is -2.94. The van der Waals surface area contributed by atoms with Crippen LogP contribution in [0.25, 0.3) is 11.4 Å². The maximum atomic E-state index is 12.4. The van der Waals surface area contributed by atoms with E-state index in [0.29, 0.717) is 29.1 Å². The molecule has 1 atom stereocenters. The summed E-state index contributed by atoms with van der Waals surface area (Å²) >= 11 is 1.31. The number of pyridine rings is 1. The Morgan fingerprint density at radius 2 is 2.19 bits per heavy atom. The fourth-order valence-corrected chi connectivity index (χ4v) is 3.10. The van der Waals surface area contributed by atoms with Gasteiger partial charge in [-0.2, -0.15) is 0 Å². The van der Waals surface area contributed by atoms with Gasteiger partial charge in [-0.05, 0) is 26.0 Å². The van der Waals surface area contributed by atoms with E-state index < -0.39 is 5.25 Å². The van der Waals surface area contributed by atoms with Gasteiger partial charge < -0.3 is 4.52 Å². The molecule has 0 fully saturated rings. The first kappa shape index (κ1) is 17.9. The molecule has 3 rings (SSSR count). The van der Waals surface area contributed by atoms with E-state index >= 15 is 0 Å². The lowest BCUT2D eigenvalue weighted by Gasteiger charge is -2.11. The highest BCUT2D eigenvalue weighted by Gasteiger charge is 2.21. The molecule has 0 aliphatic heterocycles. The zero-order valence-electron chi connectivity index (χ0n) is 14.4. The van der Waals surface area contributed by atoms with E-state index in [4.69, 9.17) is 4.52 Å². The molecule has 0 aliphatic rings. The second-order valence-corrected chi connectivity index (χ2v) is 6.83. The van der Waals surface area contributed by atoms with Crippen LogP contribution in [0.1, 0.15) is 12.6 Å². The molecular weight excluding hydrogens is 352 g/mol. The van der Waals surface area contributed by atoms with E-state index in [2.05, 4.69) is 32.2 Å². The molecule has 3 aromatic rings. The number of amides is 1. The average molecular weight is 370 g/mol. The molecule has 1 unspecified atom stereocenters. The highest BCUT2D eigenvalue weighted by molar-refractivity contribution is 8.00. The maximum Gasteiger partial charge on any atom is 0.240 e. The fraction of sp³-hybridized carbons (Fsp3) is 0.235. The number of rotatable bonds is 7. The number of hydrogen-bond acceptors (Lipinski definition) is 7. The molecule has 3 heterocycles. The third kappa shape index (κ3) is 3.99. The Labute approximate surface area is 154 Å². The Bertz CT molecular complexity index is 905. The first-order valence-corrected chi connectivity index (χ1v) is 8.81. The molecule has 0 aliphatic carbocycles. The maximum absolute atomic E-state index is 12.4. The summed E-state index contributed by atoms with van der Waals surface area (Å²) in [7, 11) is 0. The van der Waals surface area contributed by atoms with Crippen LogP contribution in [0.3, 0.4) is 0 Å². The van der Waals surface area contributed by atoms with Gasteiger partial charge in [0.15, 0.2) is 11.0 Å². The first-order chi connectivity index (χ1) is 12.6. The van der Waals surface area contributed by atoms with Gasteiger partial charge in [0.25, 0.3) is 0 Å². The normalized spacial score (nSPS) is 11.9. The number of aryl methyl sites for hydroxylation is 1. The quantitative estimate of drug-likeness (QED) is 0.504. The summed E-state index contributed by atoms with van der Waals surface area (Å²) in [6.45, 7) is 7.90. The van der Waals surface area contributed by atoms with Crippen LogP contribution in [0.2, 0.25) is 0 Å². The fourth-order valence-electron chi connectivity index (χ4n) is 2.24. The Morgan fingerprint density at radius 1 is 1.42 bits per heavy atom. The summed E-state index contributed by atoms with van der Waals surface area (Å²) in [6.07, 6.45) is 5.16. The second kappa shape index (κ2) is 7.96. The minimum Gasteiger partial charge on any atom is -0.338 e. The van der Waals surface area contributed by atoms with Crippen molar-refractivity contribution in [3.8, 4) is 11.4 Å². The third-order valence-corrected chi connectivity index (χ3v) is 4.57. The van der Waals surface area contributed by atoms with Gasteiger partial charge in [0.05, 0.1) is 10.9 Å². The first-order valence-electron chi connectivity index (χ1n) is 7.94. The van der Waals surface area contributed by atoms with Crippen LogP contribution in [0, 0.1) is 6.92 Å². The molecule has 1 N–H and O–H groups in total. The zero-order valence-corrected chi connectivity index (χ0v) is 15.2. The number of allylic oxidation sites excluding steroid dienone is 1. The van der Waals surface area contributed by atoms with Gasteiger partial charge in [0.1, 0.15) is 0 Å². The monoisotopic (exact) mass is 370 g/mol. The number of anilines is 1. The summed E-state index contributed by atoms with van der Waals surface area (Å²) in [5.41, 5.74) is 1.60. The van der Waals surface area contributed by atoms with Gasteiger partial charge in [-0.25, -0.2) is 0 Å². The van der Waals surface area contributed by atoms with Crippen molar-refractivity contribution in [3.63, 3.8) is 0 Å². The summed E-state index contributed by atoms with van der Waals surface area (Å²) in [5, 5.41) is 15.2. The molecule has 8 nitrogen and oxygen atoms in total. The van der Waals surface area contributed by atoms with Crippen LogP contribution >= 0.6 is 11.8 Å². The van der Waals surface area contributed by atoms with E-state index in [9.17, 15) is 4.79 Å². The number of nitrogens with zero attached hydrogens (tertiary/aromatic N) is 5. The van der Waals surface area contributed by atoms with Gasteiger partial charge in [0, 0.05) is 30.6 Å². The Balaban J connectivity index is 1.77. The molecule has 9 heteroatoms. The van der Waals surface area contributed by atoms with Gasteiger partial charge in [-0.1, -0.05) is 23.0 Å². The lowest BCUT2D eigenvalue weighted by molar-refractivity contribution is -0.115. The Kier molecular flexibility index (Phi) is 5.47. The highest BCUT2D eigenvalue weighted by atomic mass is 32.2. The molecular formula is C17H18N6O2S. The largest absolute Gasteiger partial charge is 0.338 e.